The van der Waals surface area contributed by atoms with Crippen molar-refractivity contribution in [2.45, 2.75) is 78.6 Å². The van der Waals surface area contributed by atoms with Crippen molar-refractivity contribution in [3.63, 3.8) is 0 Å². The molecule has 1 aromatic heterocycles. The van der Waals surface area contributed by atoms with Gasteiger partial charge < -0.3 is 20.1 Å². The van der Waals surface area contributed by atoms with Gasteiger partial charge in [-0.05, 0) is 66.3 Å². The van der Waals surface area contributed by atoms with Crippen LogP contribution in [-0.4, -0.2) is 38.7 Å². The second-order valence-electron chi connectivity index (χ2n) is 12.7. The highest BCUT2D eigenvalue weighted by molar-refractivity contribution is 6.12. The number of hydrogen-bond donors (Lipinski definition) is 3. The Bertz CT molecular complexity index is 1560. The number of carbonyl (C=O) groups excluding carboxylic acids is 2. The molecule has 2 atom stereocenters. The van der Waals surface area contributed by atoms with Gasteiger partial charge in [0.25, 0.3) is 5.91 Å². The highest BCUT2D eigenvalue weighted by Crippen LogP contribution is 2.42. The maximum atomic E-state index is 14.2. The van der Waals surface area contributed by atoms with E-state index in [9.17, 15) is 24.2 Å². The van der Waals surface area contributed by atoms with Crippen LogP contribution in [0.2, 0.25) is 0 Å². The highest BCUT2D eigenvalue weighted by Gasteiger charge is 2.31. The lowest BCUT2D eigenvalue weighted by molar-refractivity contribution is -0.128. The molecular formula is C37H43FN2O4. The van der Waals surface area contributed by atoms with E-state index in [1.807, 2.05) is 95.3 Å². The largest absolute Gasteiger partial charge is 0.393 e. The monoisotopic (exact) mass is 598 g/mol. The number of hydrogen-bond acceptors (Lipinski definition) is 4. The summed E-state index contributed by atoms with van der Waals surface area (Å²) in [5.41, 5.74) is 4.42. The predicted molar refractivity (Wildman–Crippen MR) is 174 cm³/mol. The van der Waals surface area contributed by atoms with Crippen LogP contribution in [-0.2, 0) is 11.3 Å². The number of rotatable bonds is 12. The number of amides is 1. The van der Waals surface area contributed by atoms with Crippen LogP contribution in [0.4, 0.5) is 10.1 Å². The number of aliphatic hydroxyl groups is 2. The molecule has 0 saturated carbocycles. The summed E-state index contributed by atoms with van der Waals surface area (Å²) < 4.78 is 16.1. The molecule has 6 nitrogen and oxygen atoms in total. The summed E-state index contributed by atoms with van der Waals surface area (Å²) in [6.07, 6.45) is -1.54. The van der Waals surface area contributed by atoms with Crippen molar-refractivity contribution >= 4 is 17.4 Å². The standard InChI is InChI=1S/C37H43FN2O4/c1-24(2)34-33(36(44)39-28-14-10-7-11-15-28)32(25-12-8-6-9-13-25)35(26-16-18-27(38)19-17-26)40(34)21-20-29(41)22-30(42)23-31(43)37(3,4)5/h6-19,24,29-30,41-42H,20-23H2,1-5H3,(H,39,44). The summed E-state index contributed by atoms with van der Waals surface area (Å²) in [6.45, 7) is 9.81. The fourth-order valence-corrected chi connectivity index (χ4v) is 5.52. The van der Waals surface area contributed by atoms with Crippen LogP contribution in [0.15, 0.2) is 84.9 Å². The van der Waals surface area contributed by atoms with E-state index in [2.05, 4.69) is 9.88 Å². The number of ketones is 1. The van der Waals surface area contributed by atoms with E-state index in [1.54, 1.807) is 12.1 Å². The summed E-state index contributed by atoms with van der Waals surface area (Å²) >= 11 is 0. The maximum absolute atomic E-state index is 14.2. The highest BCUT2D eigenvalue weighted by atomic mass is 19.1. The molecule has 0 bridgehead atoms. The Balaban J connectivity index is 1.82. The molecule has 232 valence electrons. The Labute approximate surface area is 259 Å². The molecule has 1 amide bonds. The minimum absolute atomic E-state index is 0.0237. The summed E-state index contributed by atoms with van der Waals surface area (Å²) in [7, 11) is 0. The second-order valence-corrected chi connectivity index (χ2v) is 12.7. The minimum atomic E-state index is -0.963. The van der Waals surface area contributed by atoms with E-state index < -0.39 is 17.6 Å². The Morgan fingerprint density at radius 1 is 0.841 bits per heavy atom. The molecule has 44 heavy (non-hydrogen) atoms. The molecule has 4 aromatic rings. The van der Waals surface area contributed by atoms with Crippen LogP contribution in [0.3, 0.4) is 0 Å². The smallest absolute Gasteiger partial charge is 0.258 e. The second kappa shape index (κ2) is 14.1. The molecule has 7 heteroatoms. The van der Waals surface area contributed by atoms with Crippen LogP contribution in [0.25, 0.3) is 22.4 Å². The Kier molecular flexibility index (Phi) is 10.6. The lowest BCUT2D eigenvalue weighted by Crippen LogP contribution is -2.28. The van der Waals surface area contributed by atoms with Gasteiger partial charge in [-0.3, -0.25) is 9.59 Å². The van der Waals surface area contributed by atoms with Gasteiger partial charge in [-0.1, -0.05) is 83.1 Å². The first-order chi connectivity index (χ1) is 20.9. The fourth-order valence-electron chi connectivity index (χ4n) is 5.52. The van der Waals surface area contributed by atoms with E-state index in [1.165, 1.54) is 12.1 Å². The number of Topliss-reactive ketones (excluding diaryl/α,β-unsaturated/α-hetero) is 1. The Morgan fingerprint density at radius 3 is 2.00 bits per heavy atom. The molecule has 0 fully saturated rings. The average Bonchev–Trinajstić information content (AvgIpc) is 3.32. The van der Waals surface area contributed by atoms with E-state index in [4.69, 9.17) is 0 Å². The van der Waals surface area contributed by atoms with Crippen LogP contribution in [0.1, 0.15) is 75.9 Å². The molecule has 4 rings (SSSR count). The van der Waals surface area contributed by atoms with E-state index in [-0.39, 0.29) is 42.7 Å². The first-order valence-electron chi connectivity index (χ1n) is 15.2. The topological polar surface area (TPSA) is 91.6 Å². The SMILES string of the molecule is CC(C)c1c(C(=O)Nc2ccccc2)c(-c2ccccc2)c(-c2ccc(F)cc2)n1CCC(O)CC(O)CC(=O)C(C)(C)C. The normalized spacial score (nSPS) is 13.1. The lowest BCUT2D eigenvalue weighted by Gasteiger charge is -2.22. The van der Waals surface area contributed by atoms with E-state index in [0.29, 0.717) is 17.8 Å². The molecule has 2 unspecified atom stereocenters. The van der Waals surface area contributed by atoms with Crippen molar-refractivity contribution in [1.82, 2.24) is 4.57 Å². The predicted octanol–water partition coefficient (Wildman–Crippen LogP) is 7.84. The first-order valence-corrected chi connectivity index (χ1v) is 15.2. The average molecular weight is 599 g/mol. The number of halogens is 1. The van der Waals surface area contributed by atoms with Gasteiger partial charge in [0.15, 0.2) is 0 Å². The van der Waals surface area contributed by atoms with Crippen molar-refractivity contribution in [3.8, 4) is 22.4 Å². The van der Waals surface area contributed by atoms with Crippen LogP contribution in [0.5, 0.6) is 0 Å². The van der Waals surface area contributed by atoms with E-state index >= 15 is 0 Å². The third kappa shape index (κ3) is 7.90. The molecule has 0 radical (unpaired) electrons. The van der Waals surface area contributed by atoms with Crippen LogP contribution in [0, 0.1) is 11.2 Å². The van der Waals surface area contributed by atoms with Crippen molar-refractivity contribution in [3.05, 3.63) is 102 Å². The van der Waals surface area contributed by atoms with Crippen molar-refractivity contribution < 1.29 is 24.2 Å². The van der Waals surface area contributed by atoms with E-state index in [0.717, 1.165) is 28.1 Å². The third-order valence-corrected chi connectivity index (χ3v) is 7.78. The summed E-state index contributed by atoms with van der Waals surface area (Å²) in [5, 5.41) is 24.7. The summed E-state index contributed by atoms with van der Waals surface area (Å²) in [4.78, 5) is 26.6. The molecular weight excluding hydrogens is 555 g/mol. The minimum Gasteiger partial charge on any atom is -0.393 e. The maximum Gasteiger partial charge on any atom is 0.258 e. The van der Waals surface area contributed by atoms with Gasteiger partial charge in [0, 0.05) is 35.3 Å². The Morgan fingerprint density at radius 2 is 1.43 bits per heavy atom. The van der Waals surface area contributed by atoms with Gasteiger partial charge >= 0.3 is 0 Å². The summed E-state index contributed by atoms with van der Waals surface area (Å²) in [5.74, 6) is -0.786. The summed E-state index contributed by atoms with van der Waals surface area (Å²) in [6, 6.07) is 25.1. The number of anilines is 1. The number of carbonyl (C=O) groups is 2. The molecule has 3 N–H and O–H groups in total. The molecule has 0 aliphatic rings. The molecule has 0 aliphatic carbocycles. The van der Waals surface area contributed by atoms with Crippen LogP contribution >= 0.6 is 0 Å². The van der Waals surface area contributed by atoms with Gasteiger partial charge in [-0.25, -0.2) is 4.39 Å². The van der Waals surface area contributed by atoms with Gasteiger partial charge in [0.05, 0.1) is 23.5 Å². The quantitative estimate of drug-likeness (QED) is 0.155. The fraction of sp³-hybridized carbons (Fsp3) is 0.351. The number of aliphatic hydroxyl groups excluding tert-OH is 2. The number of nitrogens with zero attached hydrogens (tertiary/aromatic N) is 1. The molecule has 3 aromatic carbocycles. The zero-order chi connectivity index (χ0) is 32.0. The zero-order valence-corrected chi connectivity index (χ0v) is 26.2. The number of nitrogens with one attached hydrogen (secondary N) is 1. The Hall–Kier alpha value is -4.07. The van der Waals surface area contributed by atoms with Gasteiger partial charge in [-0.2, -0.15) is 0 Å². The van der Waals surface area contributed by atoms with Crippen molar-refractivity contribution in [1.29, 1.82) is 0 Å². The number of aromatic nitrogens is 1. The molecule has 0 saturated heterocycles. The zero-order valence-electron chi connectivity index (χ0n) is 26.2. The van der Waals surface area contributed by atoms with Gasteiger partial charge in [0.1, 0.15) is 11.6 Å². The van der Waals surface area contributed by atoms with Crippen molar-refractivity contribution in [2.75, 3.05) is 5.32 Å². The molecule has 1 heterocycles. The third-order valence-electron chi connectivity index (χ3n) is 7.78. The van der Waals surface area contributed by atoms with Gasteiger partial charge in [-0.15, -0.1) is 0 Å². The number of benzene rings is 3. The number of para-hydroxylation sites is 1. The molecule has 0 spiro atoms. The van der Waals surface area contributed by atoms with Crippen molar-refractivity contribution in [2.24, 2.45) is 5.41 Å². The lowest BCUT2D eigenvalue weighted by atomic mass is 9.86. The van der Waals surface area contributed by atoms with Crippen LogP contribution < -0.4 is 5.32 Å². The first kappa shape index (κ1) is 32.8. The van der Waals surface area contributed by atoms with Gasteiger partial charge in [0.2, 0.25) is 0 Å². The molecule has 0 aliphatic heterocycles.